The first-order valence-electron chi connectivity index (χ1n) is 8.60. The number of hydrogen-bond acceptors (Lipinski definition) is 6. The molecule has 1 aromatic rings. The standard InChI is InChI=1S/C18H24N2O3S2/c1-5-23-16(22)14-11-7-6-10(18(2,3)4)8-12(11)25-15(14)20-13(21)9-24-17(20)19/h10,19H,5-9H2,1-4H3/t10-/m1/s1. The van der Waals surface area contributed by atoms with Crippen LogP contribution < -0.4 is 4.90 Å². The smallest absolute Gasteiger partial charge is 0.341 e. The number of rotatable bonds is 3. The van der Waals surface area contributed by atoms with Crippen LogP contribution in [0.5, 0.6) is 0 Å². The highest BCUT2D eigenvalue weighted by Gasteiger charge is 2.39. The molecule has 1 aliphatic carbocycles. The average molecular weight is 381 g/mol. The molecule has 1 N–H and O–H groups in total. The van der Waals surface area contributed by atoms with Gasteiger partial charge in [-0.1, -0.05) is 32.5 Å². The number of nitrogens with zero attached hydrogens (tertiary/aromatic N) is 1. The Morgan fingerprint density at radius 2 is 2.12 bits per heavy atom. The Hall–Kier alpha value is -1.34. The van der Waals surface area contributed by atoms with E-state index in [1.54, 1.807) is 6.92 Å². The van der Waals surface area contributed by atoms with Crippen LogP contribution in [0.15, 0.2) is 0 Å². The van der Waals surface area contributed by atoms with Gasteiger partial charge >= 0.3 is 5.97 Å². The highest BCUT2D eigenvalue weighted by Crippen LogP contribution is 2.46. The molecular formula is C18H24N2O3S2. The van der Waals surface area contributed by atoms with Crippen molar-refractivity contribution < 1.29 is 14.3 Å². The Morgan fingerprint density at radius 3 is 2.68 bits per heavy atom. The Labute approximate surface area is 156 Å². The molecule has 1 aromatic heterocycles. The summed E-state index contributed by atoms with van der Waals surface area (Å²) in [5, 5.41) is 8.86. The third kappa shape index (κ3) is 3.36. The lowest BCUT2D eigenvalue weighted by atomic mass is 9.72. The van der Waals surface area contributed by atoms with Crippen LogP contribution in [0, 0.1) is 16.7 Å². The second kappa shape index (κ2) is 6.76. The lowest BCUT2D eigenvalue weighted by Crippen LogP contribution is -2.29. The number of fused-ring (bicyclic) bond motifs is 1. The number of esters is 1. The number of carbonyl (C=O) groups is 2. The minimum Gasteiger partial charge on any atom is -0.462 e. The van der Waals surface area contributed by atoms with E-state index in [4.69, 9.17) is 10.1 Å². The molecule has 3 rings (SSSR count). The summed E-state index contributed by atoms with van der Waals surface area (Å²) in [6.45, 7) is 8.83. The van der Waals surface area contributed by atoms with Gasteiger partial charge in [-0.15, -0.1) is 11.3 Å². The summed E-state index contributed by atoms with van der Waals surface area (Å²) >= 11 is 2.70. The molecule has 0 spiro atoms. The summed E-state index contributed by atoms with van der Waals surface area (Å²) in [6.07, 6.45) is 2.77. The number of anilines is 1. The van der Waals surface area contributed by atoms with Crippen LogP contribution in [0.3, 0.4) is 0 Å². The topological polar surface area (TPSA) is 70.5 Å². The zero-order chi connectivity index (χ0) is 18.4. The van der Waals surface area contributed by atoms with Gasteiger partial charge in [0.2, 0.25) is 5.91 Å². The van der Waals surface area contributed by atoms with E-state index in [-0.39, 0.29) is 28.2 Å². The van der Waals surface area contributed by atoms with Crippen LogP contribution >= 0.6 is 23.1 Å². The van der Waals surface area contributed by atoms with E-state index >= 15 is 0 Å². The molecule has 1 aliphatic heterocycles. The number of thiophene rings is 1. The van der Waals surface area contributed by atoms with Crippen molar-refractivity contribution >= 4 is 45.1 Å². The van der Waals surface area contributed by atoms with Gasteiger partial charge in [0.25, 0.3) is 0 Å². The molecule has 0 saturated carbocycles. The second-order valence-electron chi connectivity index (χ2n) is 7.53. The lowest BCUT2D eigenvalue weighted by Gasteiger charge is -2.33. The molecule has 1 saturated heterocycles. The third-order valence-electron chi connectivity index (χ3n) is 4.94. The van der Waals surface area contributed by atoms with E-state index in [1.807, 2.05) is 0 Å². The average Bonchev–Trinajstić information content (AvgIpc) is 3.05. The summed E-state index contributed by atoms with van der Waals surface area (Å²) < 4.78 is 5.27. The number of hydrogen-bond donors (Lipinski definition) is 1. The molecule has 25 heavy (non-hydrogen) atoms. The molecule has 5 nitrogen and oxygen atoms in total. The molecule has 0 aromatic carbocycles. The van der Waals surface area contributed by atoms with Crippen LogP contribution in [-0.2, 0) is 22.4 Å². The normalized spacial score (nSPS) is 20.8. The SMILES string of the molecule is CCOC(=O)c1c(N2C(=N)SCC2=O)sc2c1CC[C@@H](C(C)(C)C)C2. The highest BCUT2D eigenvalue weighted by atomic mass is 32.2. The van der Waals surface area contributed by atoms with Crippen molar-refractivity contribution in [3.63, 3.8) is 0 Å². The maximum Gasteiger partial charge on any atom is 0.341 e. The maximum absolute atomic E-state index is 12.6. The van der Waals surface area contributed by atoms with Gasteiger partial charge in [-0.3, -0.25) is 10.2 Å². The minimum atomic E-state index is -0.373. The van der Waals surface area contributed by atoms with Gasteiger partial charge in [-0.05, 0) is 43.1 Å². The van der Waals surface area contributed by atoms with Gasteiger partial charge in [0.1, 0.15) is 5.00 Å². The van der Waals surface area contributed by atoms with E-state index in [0.29, 0.717) is 23.1 Å². The van der Waals surface area contributed by atoms with Gasteiger partial charge in [-0.2, -0.15) is 0 Å². The zero-order valence-electron chi connectivity index (χ0n) is 15.1. The molecular weight excluding hydrogens is 356 g/mol. The van der Waals surface area contributed by atoms with Crippen LogP contribution in [-0.4, -0.2) is 29.4 Å². The molecule has 0 bridgehead atoms. The monoisotopic (exact) mass is 380 g/mol. The highest BCUT2D eigenvalue weighted by molar-refractivity contribution is 8.15. The number of amidine groups is 1. The van der Waals surface area contributed by atoms with E-state index in [2.05, 4.69) is 20.8 Å². The Kier molecular flexibility index (Phi) is 4.99. The van der Waals surface area contributed by atoms with Gasteiger partial charge in [0.05, 0.1) is 17.9 Å². The van der Waals surface area contributed by atoms with Crippen LogP contribution in [0.2, 0.25) is 0 Å². The fourth-order valence-corrected chi connectivity index (χ4v) is 5.67. The van der Waals surface area contributed by atoms with E-state index in [0.717, 1.165) is 24.8 Å². The van der Waals surface area contributed by atoms with Gasteiger partial charge in [0.15, 0.2) is 5.17 Å². The Balaban J connectivity index is 2.06. The fraction of sp³-hybridized carbons (Fsp3) is 0.611. The number of ether oxygens (including phenoxy) is 1. The quantitative estimate of drug-likeness (QED) is 0.802. The van der Waals surface area contributed by atoms with Crippen molar-refractivity contribution in [1.82, 2.24) is 0 Å². The summed E-state index contributed by atoms with van der Waals surface area (Å²) in [6, 6.07) is 0. The van der Waals surface area contributed by atoms with E-state index in [9.17, 15) is 9.59 Å². The maximum atomic E-state index is 12.6. The third-order valence-corrected chi connectivity index (χ3v) is 7.03. The Bertz CT molecular complexity index is 717. The van der Waals surface area contributed by atoms with Gasteiger partial charge in [0, 0.05) is 4.88 Å². The van der Waals surface area contributed by atoms with Gasteiger partial charge in [-0.25, -0.2) is 9.69 Å². The molecule has 0 unspecified atom stereocenters. The van der Waals surface area contributed by atoms with Crippen LogP contribution in [0.1, 0.15) is 54.9 Å². The summed E-state index contributed by atoms with van der Waals surface area (Å²) in [5.41, 5.74) is 1.74. The zero-order valence-corrected chi connectivity index (χ0v) is 16.7. The minimum absolute atomic E-state index is 0.133. The van der Waals surface area contributed by atoms with E-state index in [1.165, 1.54) is 32.9 Å². The van der Waals surface area contributed by atoms with Crippen molar-refractivity contribution in [2.45, 2.75) is 47.0 Å². The van der Waals surface area contributed by atoms with Crippen molar-refractivity contribution in [3.8, 4) is 0 Å². The predicted octanol–water partition coefficient (Wildman–Crippen LogP) is 4.09. The lowest BCUT2D eigenvalue weighted by molar-refractivity contribution is -0.115. The van der Waals surface area contributed by atoms with Crippen molar-refractivity contribution in [2.24, 2.45) is 11.3 Å². The molecule has 2 aliphatic rings. The molecule has 0 radical (unpaired) electrons. The second-order valence-corrected chi connectivity index (χ2v) is 9.58. The molecule has 1 fully saturated rings. The van der Waals surface area contributed by atoms with Crippen LogP contribution in [0.4, 0.5) is 5.00 Å². The Morgan fingerprint density at radius 1 is 1.40 bits per heavy atom. The number of thioether (sulfide) groups is 1. The van der Waals surface area contributed by atoms with E-state index < -0.39 is 0 Å². The fourth-order valence-electron chi connectivity index (χ4n) is 3.46. The summed E-state index contributed by atoms with van der Waals surface area (Å²) in [4.78, 5) is 27.5. The first-order valence-corrected chi connectivity index (χ1v) is 10.4. The van der Waals surface area contributed by atoms with Crippen molar-refractivity contribution in [3.05, 3.63) is 16.0 Å². The molecule has 7 heteroatoms. The largest absolute Gasteiger partial charge is 0.462 e. The van der Waals surface area contributed by atoms with Crippen LogP contribution in [0.25, 0.3) is 0 Å². The number of nitrogens with one attached hydrogen (secondary N) is 1. The molecule has 1 amide bonds. The van der Waals surface area contributed by atoms with Crippen molar-refractivity contribution in [1.29, 1.82) is 5.41 Å². The molecule has 1 atom stereocenters. The molecule has 136 valence electrons. The molecule has 2 heterocycles. The first kappa shape index (κ1) is 18.5. The van der Waals surface area contributed by atoms with Crippen molar-refractivity contribution in [2.75, 3.05) is 17.3 Å². The summed E-state index contributed by atoms with van der Waals surface area (Å²) in [7, 11) is 0. The van der Waals surface area contributed by atoms with Gasteiger partial charge < -0.3 is 4.74 Å². The number of carbonyl (C=O) groups excluding carboxylic acids is 2. The first-order chi connectivity index (χ1) is 11.7. The number of amides is 1. The summed E-state index contributed by atoms with van der Waals surface area (Å²) in [5.74, 6) is 0.298. The predicted molar refractivity (Wildman–Crippen MR) is 103 cm³/mol.